The third kappa shape index (κ3) is 2.30. The summed E-state index contributed by atoms with van der Waals surface area (Å²) in [5.74, 6) is 0.963. The van der Waals surface area contributed by atoms with Crippen molar-refractivity contribution in [2.45, 2.75) is 19.0 Å². The first-order valence-corrected chi connectivity index (χ1v) is 5.41. The van der Waals surface area contributed by atoms with Crippen molar-refractivity contribution in [1.82, 2.24) is 10.6 Å². The van der Waals surface area contributed by atoms with Crippen molar-refractivity contribution in [1.29, 1.82) is 0 Å². The van der Waals surface area contributed by atoms with Crippen LogP contribution in [-0.2, 0) is 0 Å². The van der Waals surface area contributed by atoms with Gasteiger partial charge in [-0.15, -0.1) is 0 Å². The lowest BCUT2D eigenvalue weighted by atomic mass is 10.0. The van der Waals surface area contributed by atoms with Crippen molar-refractivity contribution in [3.8, 4) is 5.75 Å². The van der Waals surface area contributed by atoms with Crippen LogP contribution in [0.1, 0.15) is 18.5 Å². The van der Waals surface area contributed by atoms with E-state index in [1.807, 2.05) is 12.1 Å². The van der Waals surface area contributed by atoms with Gasteiger partial charge in [-0.3, -0.25) is 0 Å². The predicted molar refractivity (Wildman–Crippen MR) is 61.2 cm³/mol. The van der Waals surface area contributed by atoms with E-state index in [4.69, 9.17) is 4.74 Å². The number of para-hydroxylation sites is 1. The number of methoxy groups -OCH3 is 1. The molecule has 3 nitrogen and oxygen atoms in total. The Hall–Kier alpha value is -1.06. The van der Waals surface area contributed by atoms with Crippen LogP contribution >= 0.6 is 0 Å². The third-order valence-corrected chi connectivity index (χ3v) is 2.87. The number of hydrogen-bond donors (Lipinski definition) is 2. The summed E-state index contributed by atoms with van der Waals surface area (Å²) in [6.45, 7) is 4.31. The van der Waals surface area contributed by atoms with E-state index >= 15 is 0 Å². The van der Waals surface area contributed by atoms with Crippen molar-refractivity contribution in [2.24, 2.45) is 0 Å². The van der Waals surface area contributed by atoms with E-state index in [0.717, 1.165) is 18.8 Å². The summed E-state index contributed by atoms with van der Waals surface area (Å²) in [4.78, 5) is 0. The van der Waals surface area contributed by atoms with Gasteiger partial charge in [-0.2, -0.15) is 0 Å². The van der Waals surface area contributed by atoms with Crippen LogP contribution in [0.4, 0.5) is 0 Å². The molecule has 82 valence electrons. The standard InChI is InChI=1S/C12H18N2O/c1-9(14-10-7-13-8-10)11-5-3-4-6-12(11)15-2/h3-6,9-10,13-14H,7-8H2,1-2H3. The highest BCUT2D eigenvalue weighted by atomic mass is 16.5. The van der Waals surface area contributed by atoms with Gasteiger partial charge in [-0.05, 0) is 13.0 Å². The van der Waals surface area contributed by atoms with Crippen molar-refractivity contribution in [3.63, 3.8) is 0 Å². The van der Waals surface area contributed by atoms with Gasteiger partial charge < -0.3 is 15.4 Å². The summed E-state index contributed by atoms with van der Waals surface area (Å²) < 4.78 is 5.34. The maximum absolute atomic E-state index is 5.34. The molecule has 1 saturated heterocycles. The Morgan fingerprint density at radius 1 is 1.40 bits per heavy atom. The van der Waals surface area contributed by atoms with Crippen molar-refractivity contribution in [2.75, 3.05) is 20.2 Å². The Morgan fingerprint density at radius 2 is 2.13 bits per heavy atom. The molecule has 0 aromatic heterocycles. The molecule has 1 aliphatic rings. The zero-order valence-electron chi connectivity index (χ0n) is 9.29. The van der Waals surface area contributed by atoms with Crippen molar-refractivity contribution < 1.29 is 4.74 Å². The molecule has 0 aliphatic carbocycles. The highest BCUT2D eigenvalue weighted by Gasteiger charge is 2.20. The van der Waals surface area contributed by atoms with Gasteiger partial charge in [0, 0.05) is 30.7 Å². The van der Waals surface area contributed by atoms with Crippen LogP contribution in [-0.4, -0.2) is 26.2 Å². The fourth-order valence-electron chi connectivity index (χ4n) is 1.87. The highest BCUT2D eigenvalue weighted by molar-refractivity contribution is 5.35. The Bertz CT molecular complexity index is 323. The van der Waals surface area contributed by atoms with Crippen LogP contribution in [0.2, 0.25) is 0 Å². The molecule has 0 radical (unpaired) electrons. The van der Waals surface area contributed by atoms with Gasteiger partial charge in [-0.25, -0.2) is 0 Å². The van der Waals surface area contributed by atoms with Gasteiger partial charge >= 0.3 is 0 Å². The van der Waals surface area contributed by atoms with E-state index < -0.39 is 0 Å². The fourth-order valence-corrected chi connectivity index (χ4v) is 1.87. The van der Waals surface area contributed by atoms with Crippen LogP contribution in [0.3, 0.4) is 0 Å². The molecule has 1 unspecified atom stereocenters. The first kappa shape index (κ1) is 10.5. The highest BCUT2D eigenvalue weighted by Crippen LogP contribution is 2.24. The molecule has 1 atom stereocenters. The van der Waals surface area contributed by atoms with E-state index in [9.17, 15) is 0 Å². The number of rotatable bonds is 4. The lowest BCUT2D eigenvalue weighted by Gasteiger charge is -2.31. The minimum atomic E-state index is 0.341. The number of ether oxygens (including phenoxy) is 1. The fraction of sp³-hybridized carbons (Fsp3) is 0.500. The van der Waals surface area contributed by atoms with Gasteiger partial charge in [0.15, 0.2) is 0 Å². The molecule has 1 aromatic carbocycles. The van der Waals surface area contributed by atoms with E-state index in [2.05, 4.69) is 29.7 Å². The Kier molecular flexibility index (Phi) is 3.23. The van der Waals surface area contributed by atoms with Gasteiger partial charge in [0.05, 0.1) is 7.11 Å². The Balaban J connectivity index is 2.05. The van der Waals surface area contributed by atoms with E-state index in [1.54, 1.807) is 7.11 Å². The molecule has 1 aliphatic heterocycles. The zero-order chi connectivity index (χ0) is 10.7. The number of benzene rings is 1. The zero-order valence-corrected chi connectivity index (χ0v) is 9.29. The second-order valence-corrected chi connectivity index (χ2v) is 3.99. The Labute approximate surface area is 90.8 Å². The summed E-state index contributed by atoms with van der Waals surface area (Å²) in [5.41, 5.74) is 1.23. The smallest absolute Gasteiger partial charge is 0.123 e. The maximum Gasteiger partial charge on any atom is 0.123 e. The van der Waals surface area contributed by atoms with Crippen molar-refractivity contribution >= 4 is 0 Å². The average molecular weight is 206 g/mol. The summed E-state index contributed by atoms with van der Waals surface area (Å²) in [6.07, 6.45) is 0. The summed E-state index contributed by atoms with van der Waals surface area (Å²) in [7, 11) is 1.72. The minimum Gasteiger partial charge on any atom is -0.496 e. The second-order valence-electron chi connectivity index (χ2n) is 3.99. The van der Waals surface area contributed by atoms with E-state index in [1.165, 1.54) is 5.56 Å². The molecular weight excluding hydrogens is 188 g/mol. The molecule has 1 fully saturated rings. The second kappa shape index (κ2) is 4.64. The van der Waals surface area contributed by atoms with Crippen LogP contribution in [0, 0.1) is 0 Å². The molecule has 1 aromatic rings. The average Bonchev–Trinajstić information content (AvgIpc) is 2.23. The molecule has 0 amide bonds. The predicted octanol–water partition coefficient (Wildman–Crippen LogP) is 1.32. The van der Waals surface area contributed by atoms with Gasteiger partial charge in [-0.1, -0.05) is 18.2 Å². The number of hydrogen-bond acceptors (Lipinski definition) is 3. The van der Waals surface area contributed by atoms with E-state index in [-0.39, 0.29) is 0 Å². The summed E-state index contributed by atoms with van der Waals surface area (Å²) in [5, 5.41) is 6.82. The first-order chi connectivity index (χ1) is 7.31. The quantitative estimate of drug-likeness (QED) is 0.779. The van der Waals surface area contributed by atoms with Crippen LogP contribution in [0.5, 0.6) is 5.75 Å². The molecule has 1 heterocycles. The molecule has 2 N–H and O–H groups in total. The third-order valence-electron chi connectivity index (χ3n) is 2.87. The van der Waals surface area contributed by atoms with Crippen LogP contribution in [0.15, 0.2) is 24.3 Å². The topological polar surface area (TPSA) is 33.3 Å². The molecule has 0 spiro atoms. The lowest BCUT2D eigenvalue weighted by molar-refractivity contribution is 0.331. The maximum atomic E-state index is 5.34. The Morgan fingerprint density at radius 3 is 2.73 bits per heavy atom. The summed E-state index contributed by atoms with van der Waals surface area (Å²) in [6, 6.07) is 9.11. The molecule has 2 rings (SSSR count). The van der Waals surface area contributed by atoms with Gasteiger partial charge in [0.1, 0.15) is 5.75 Å². The van der Waals surface area contributed by atoms with Gasteiger partial charge in [0.25, 0.3) is 0 Å². The molecular formula is C12H18N2O. The minimum absolute atomic E-state index is 0.341. The van der Waals surface area contributed by atoms with Gasteiger partial charge in [0.2, 0.25) is 0 Å². The first-order valence-electron chi connectivity index (χ1n) is 5.41. The van der Waals surface area contributed by atoms with Crippen LogP contribution in [0.25, 0.3) is 0 Å². The largest absolute Gasteiger partial charge is 0.496 e. The SMILES string of the molecule is COc1ccccc1C(C)NC1CNC1. The molecule has 3 heteroatoms. The number of nitrogens with one attached hydrogen (secondary N) is 2. The van der Waals surface area contributed by atoms with Crippen molar-refractivity contribution in [3.05, 3.63) is 29.8 Å². The monoisotopic (exact) mass is 206 g/mol. The van der Waals surface area contributed by atoms with Crippen LogP contribution < -0.4 is 15.4 Å². The molecule has 15 heavy (non-hydrogen) atoms. The molecule has 0 bridgehead atoms. The normalized spacial score (nSPS) is 18.3. The van der Waals surface area contributed by atoms with E-state index in [0.29, 0.717) is 12.1 Å². The lowest BCUT2D eigenvalue weighted by Crippen LogP contribution is -2.55. The summed E-state index contributed by atoms with van der Waals surface area (Å²) >= 11 is 0. The molecule has 0 saturated carbocycles.